The molecule has 0 bridgehead atoms. The van der Waals surface area contributed by atoms with E-state index in [1.807, 2.05) is 0 Å². The topological polar surface area (TPSA) is 97.4 Å². The largest absolute Gasteiger partial charge is 0.496 e. The summed E-state index contributed by atoms with van der Waals surface area (Å²) in [5, 5.41) is 0. The fourth-order valence-corrected chi connectivity index (χ4v) is 3.60. The Hall–Kier alpha value is -2.77. The quantitative estimate of drug-likeness (QED) is 0.567. The third kappa shape index (κ3) is 3.09. The molecule has 0 radical (unpaired) electrons. The van der Waals surface area contributed by atoms with Crippen molar-refractivity contribution in [2.45, 2.75) is 33.3 Å². The molecule has 1 aromatic carbocycles. The summed E-state index contributed by atoms with van der Waals surface area (Å²) in [6.07, 6.45) is -1.01. The maximum atomic E-state index is 13.4. The van der Waals surface area contributed by atoms with Crippen LogP contribution in [0.5, 0.6) is 17.2 Å². The second kappa shape index (κ2) is 7.46. The van der Waals surface area contributed by atoms with E-state index in [2.05, 4.69) is 0 Å². The average molecular weight is 380 g/mol. The van der Waals surface area contributed by atoms with Crippen molar-refractivity contribution in [3.8, 4) is 17.2 Å². The summed E-state index contributed by atoms with van der Waals surface area (Å²) in [6.45, 7) is 4.42. The Morgan fingerprint density at radius 2 is 1.56 bits per heavy atom. The Balaban J connectivity index is 2.93. The highest BCUT2D eigenvalue weighted by molar-refractivity contribution is 6.16. The smallest absolute Gasteiger partial charge is 0.319 e. The lowest BCUT2D eigenvalue weighted by Crippen LogP contribution is -2.43. The van der Waals surface area contributed by atoms with Gasteiger partial charge in [0.15, 0.2) is 17.3 Å². The molecule has 2 atom stereocenters. The number of benzene rings is 1. The molecular formula is C19H24O8. The standard InChI is InChI=1S/C19H24O8/c1-9-14(23-4)13-12(16(25-6)15(9)24-5)11(27-10(2)20)8-19(3,17(13)21)18(22)26-7/h11H,8H2,1-7H3/t11?,19-/m1/s1. The molecule has 0 N–H and O–H groups in total. The highest BCUT2D eigenvalue weighted by Gasteiger charge is 2.53. The Kier molecular flexibility index (Phi) is 5.67. The predicted octanol–water partition coefficient (Wildman–Crippen LogP) is 2.39. The minimum Gasteiger partial charge on any atom is -0.496 e. The zero-order valence-electron chi connectivity index (χ0n) is 16.6. The van der Waals surface area contributed by atoms with E-state index in [1.165, 1.54) is 42.3 Å². The van der Waals surface area contributed by atoms with Gasteiger partial charge in [-0.2, -0.15) is 0 Å². The highest BCUT2D eigenvalue weighted by atomic mass is 16.5. The van der Waals surface area contributed by atoms with Gasteiger partial charge in [0.25, 0.3) is 0 Å². The molecule has 0 fully saturated rings. The molecule has 1 aliphatic carbocycles. The molecule has 1 aliphatic rings. The fraction of sp³-hybridized carbons (Fsp3) is 0.526. The van der Waals surface area contributed by atoms with Crippen LogP contribution in [0, 0.1) is 12.3 Å². The van der Waals surface area contributed by atoms with Crippen molar-refractivity contribution in [1.29, 1.82) is 0 Å². The maximum Gasteiger partial charge on any atom is 0.319 e. The van der Waals surface area contributed by atoms with E-state index in [1.54, 1.807) is 6.92 Å². The number of methoxy groups -OCH3 is 4. The number of hydrogen-bond donors (Lipinski definition) is 0. The van der Waals surface area contributed by atoms with Gasteiger partial charge in [0, 0.05) is 18.9 Å². The maximum absolute atomic E-state index is 13.4. The van der Waals surface area contributed by atoms with E-state index >= 15 is 0 Å². The Morgan fingerprint density at radius 3 is 2.00 bits per heavy atom. The molecule has 2 rings (SSSR count). The lowest BCUT2D eigenvalue weighted by atomic mass is 9.69. The minimum absolute atomic E-state index is 0.0865. The van der Waals surface area contributed by atoms with Crippen molar-refractivity contribution >= 4 is 17.7 Å². The van der Waals surface area contributed by atoms with Gasteiger partial charge < -0.3 is 23.7 Å². The molecule has 0 heterocycles. The first kappa shape index (κ1) is 20.5. The van der Waals surface area contributed by atoms with Gasteiger partial charge in [-0.15, -0.1) is 0 Å². The molecule has 0 saturated carbocycles. The second-order valence-corrected chi connectivity index (χ2v) is 6.47. The first-order chi connectivity index (χ1) is 12.7. The number of rotatable bonds is 5. The number of carbonyl (C=O) groups excluding carboxylic acids is 3. The number of fused-ring (bicyclic) bond motifs is 1. The molecule has 0 aromatic heterocycles. The zero-order chi connectivity index (χ0) is 20.5. The molecule has 8 heteroatoms. The zero-order valence-corrected chi connectivity index (χ0v) is 16.6. The van der Waals surface area contributed by atoms with Crippen LogP contribution in [0.4, 0.5) is 0 Å². The molecule has 0 amide bonds. The monoisotopic (exact) mass is 380 g/mol. The average Bonchev–Trinajstić information content (AvgIpc) is 2.63. The number of ketones is 1. The third-order valence-electron chi connectivity index (χ3n) is 4.83. The van der Waals surface area contributed by atoms with Crippen LogP contribution in [0.25, 0.3) is 0 Å². The van der Waals surface area contributed by atoms with Crippen molar-refractivity contribution in [3.63, 3.8) is 0 Å². The van der Waals surface area contributed by atoms with Crippen LogP contribution in [-0.4, -0.2) is 46.2 Å². The number of esters is 2. The fourth-order valence-electron chi connectivity index (χ4n) is 3.60. The van der Waals surface area contributed by atoms with E-state index in [0.717, 1.165) is 0 Å². The van der Waals surface area contributed by atoms with E-state index < -0.39 is 29.2 Å². The van der Waals surface area contributed by atoms with Crippen LogP contribution in [0.1, 0.15) is 47.9 Å². The lowest BCUT2D eigenvalue weighted by Gasteiger charge is -2.37. The summed E-state index contributed by atoms with van der Waals surface area (Å²) >= 11 is 0. The van der Waals surface area contributed by atoms with Gasteiger partial charge in [0.05, 0.1) is 39.6 Å². The second-order valence-electron chi connectivity index (χ2n) is 6.47. The summed E-state index contributed by atoms with van der Waals surface area (Å²) in [5.41, 5.74) is -0.572. The SMILES string of the molecule is COC(=O)[C@]1(C)CC(OC(C)=O)c2c(OC)c(OC)c(C)c(OC)c2C1=O. The number of hydrogen-bond acceptors (Lipinski definition) is 8. The Morgan fingerprint density at radius 1 is 1.00 bits per heavy atom. The molecule has 8 nitrogen and oxygen atoms in total. The van der Waals surface area contributed by atoms with Crippen LogP contribution in [-0.2, 0) is 19.1 Å². The van der Waals surface area contributed by atoms with Crippen molar-refractivity contribution in [2.24, 2.45) is 5.41 Å². The van der Waals surface area contributed by atoms with E-state index in [-0.39, 0.29) is 23.5 Å². The van der Waals surface area contributed by atoms with Crippen LogP contribution in [0.3, 0.4) is 0 Å². The van der Waals surface area contributed by atoms with Crippen molar-refractivity contribution in [1.82, 2.24) is 0 Å². The third-order valence-corrected chi connectivity index (χ3v) is 4.83. The van der Waals surface area contributed by atoms with Gasteiger partial charge in [0.2, 0.25) is 0 Å². The molecule has 27 heavy (non-hydrogen) atoms. The summed E-state index contributed by atoms with van der Waals surface area (Å²) in [6, 6.07) is 0. The van der Waals surface area contributed by atoms with Crippen LogP contribution >= 0.6 is 0 Å². The van der Waals surface area contributed by atoms with Gasteiger partial charge in [-0.25, -0.2) is 0 Å². The first-order valence-corrected chi connectivity index (χ1v) is 8.30. The summed E-state index contributed by atoms with van der Waals surface area (Å²) in [5.74, 6) is -0.914. The Bertz CT molecular complexity index is 798. The van der Waals surface area contributed by atoms with Gasteiger partial charge in [-0.3, -0.25) is 14.4 Å². The molecule has 1 aromatic rings. The predicted molar refractivity (Wildman–Crippen MR) is 94.4 cm³/mol. The summed E-state index contributed by atoms with van der Waals surface area (Å²) in [7, 11) is 5.50. The van der Waals surface area contributed by atoms with Crippen LogP contribution < -0.4 is 14.2 Å². The normalized spacial score (nSPS) is 21.1. The minimum atomic E-state index is -1.54. The molecule has 0 saturated heterocycles. The lowest BCUT2D eigenvalue weighted by molar-refractivity contribution is -0.157. The molecule has 1 unspecified atom stereocenters. The van der Waals surface area contributed by atoms with Gasteiger partial charge >= 0.3 is 11.9 Å². The highest BCUT2D eigenvalue weighted by Crippen LogP contribution is 2.54. The van der Waals surface area contributed by atoms with E-state index in [9.17, 15) is 14.4 Å². The van der Waals surface area contributed by atoms with Gasteiger partial charge in [-0.05, 0) is 13.8 Å². The molecule has 0 aliphatic heterocycles. The number of Topliss-reactive ketones (excluding diaryl/α,β-unsaturated/α-hetero) is 1. The Labute approximate surface area is 157 Å². The molecule has 148 valence electrons. The van der Waals surface area contributed by atoms with Crippen molar-refractivity contribution in [2.75, 3.05) is 28.4 Å². The summed E-state index contributed by atoms with van der Waals surface area (Å²) in [4.78, 5) is 37.5. The summed E-state index contributed by atoms with van der Waals surface area (Å²) < 4.78 is 26.7. The van der Waals surface area contributed by atoms with Crippen LogP contribution in [0.15, 0.2) is 0 Å². The number of ether oxygens (including phenoxy) is 5. The first-order valence-electron chi connectivity index (χ1n) is 8.30. The van der Waals surface area contributed by atoms with Gasteiger partial charge in [-0.1, -0.05) is 0 Å². The van der Waals surface area contributed by atoms with Crippen LogP contribution in [0.2, 0.25) is 0 Å². The number of carbonyl (C=O) groups is 3. The molecular weight excluding hydrogens is 356 g/mol. The van der Waals surface area contributed by atoms with E-state index in [0.29, 0.717) is 16.9 Å². The van der Waals surface area contributed by atoms with Gasteiger partial charge in [0.1, 0.15) is 17.3 Å². The van der Waals surface area contributed by atoms with Crippen molar-refractivity contribution < 1.29 is 38.1 Å². The van der Waals surface area contributed by atoms with E-state index in [4.69, 9.17) is 23.7 Å². The molecule has 0 spiro atoms. The van der Waals surface area contributed by atoms with Crippen molar-refractivity contribution in [3.05, 3.63) is 16.7 Å².